The van der Waals surface area contributed by atoms with Crippen molar-refractivity contribution in [3.05, 3.63) is 23.8 Å². The Morgan fingerprint density at radius 2 is 2.12 bits per heavy atom. The number of hydrogen-bond donors (Lipinski definition) is 0. The van der Waals surface area contributed by atoms with Crippen molar-refractivity contribution in [3.63, 3.8) is 0 Å². The summed E-state index contributed by atoms with van der Waals surface area (Å²) in [6, 6.07) is 1.37. The lowest BCUT2D eigenvalue weighted by Crippen LogP contribution is -2.38. The van der Waals surface area contributed by atoms with E-state index in [1.165, 1.54) is 12.4 Å². The molecule has 1 fully saturated rings. The fourth-order valence-corrected chi connectivity index (χ4v) is 3.09. The van der Waals surface area contributed by atoms with Crippen LogP contribution in [0.15, 0.2) is 12.4 Å². The highest BCUT2D eigenvalue weighted by Gasteiger charge is 2.29. The summed E-state index contributed by atoms with van der Waals surface area (Å²) in [6.45, 7) is 6.41. The largest absolute Gasteiger partial charge is 0.444 e. The smallest absolute Gasteiger partial charge is 0.410 e. The van der Waals surface area contributed by atoms with Crippen molar-refractivity contribution >= 4 is 11.9 Å². The molecule has 3 rings (SSSR count). The van der Waals surface area contributed by atoms with Crippen LogP contribution in [0.25, 0.3) is 5.78 Å². The van der Waals surface area contributed by atoms with E-state index in [2.05, 4.69) is 15.1 Å². The van der Waals surface area contributed by atoms with Crippen LogP contribution in [0.3, 0.4) is 0 Å². The Bertz CT molecular complexity index is 787. The second-order valence-electron chi connectivity index (χ2n) is 7.50. The van der Waals surface area contributed by atoms with E-state index >= 15 is 0 Å². The van der Waals surface area contributed by atoms with Crippen molar-refractivity contribution < 1.29 is 18.3 Å². The van der Waals surface area contributed by atoms with Crippen LogP contribution in [0.2, 0.25) is 0 Å². The molecule has 9 heteroatoms. The average molecular weight is 367 g/mol. The van der Waals surface area contributed by atoms with E-state index in [1.54, 1.807) is 4.90 Å². The molecule has 0 bridgehead atoms. The molecule has 1 aliphatic rings. The molecule has 0 spiro atoms. The maximum Gasteiger partial charge on any atom is 0.410 e. The van der Waals surface area contributed by atoms with Crippen molar-refractivity contribution in [2.45, 2.75) is 58.0 Å². The Balaban J connectivity index is 1.88. The van der Waals surface area contributed by atoms with Crippen LogP contribution in [0.1, 0.15) is 63.8 Å². The third-order valence-corrected chi connectivity index (χ3v) is 4.26. The summed E-state index contributed by atoms with van der Waals surface area (Å²) >= 11 is 0. The van der Waals surface area contributed by atoms with Crippen LogP contribution in [0, 0.1) is 0 Å². The third kappa shape index (κ3) is 4.08. The molecule has 7 nitrogen and oxygen atoms in total. The zero-order valence-corrected chi connectivity index (χ0v) is 15.2. The predicted molar refractivity (Wildman–Crippen MR) is 90.1 cm³/mol. The Morgan fingerprint density at radius 1 is 1.35 bits per heavy atom. The number of nitrogens with zero attached hydrogens (tertiary/aromatic N) is 5. The minimum atomic E-state index is -2.69. The lowest BCUT2D eigenvalue weighted by molar-refractivity contribution is 0.0248. The standard InChI is InChI=1S/C17H23F2N5O2/c1-17(2,3)26-16(25)23-7-5-4-6-11(9-23)12-8-13(14(18)19)24-15(22-12)20-10-21-24/h8,10-11,14H,4-7,9H2,1-3H3. The number of rotatable bonds is 2. The van der Waals surface area contributed by atoms with Gasteiger partial charge in [-0.3, -0.25) is 0 Å². The number of aromatic nitrogens is 4. The van der Waals surface area contributed by atoms with Gasteiger partial charge in [0.1, 0.15) is 17.6 Å². The van der Waals surface area contributed by atoms with Crippen molar-refractivity contribution in [1.82, 2.24) is 24.5 Å². The Kier molecular flexibility index (Phi) is 5.06. The highest BCUT2D eigenvalue weighted by Crippen LogP contribution is 2.29. The number of ether oxygens (including phenoxy) is 1. The van der Waals surface area contributed by atoms with Gasteiger partial charge in [-0.15, -0.1) is 0 Å². The van der Waals surface area contributed by atoms with Crippen LogP contribution in [0.5, 0.6) is 0 Å². The highest BCUT2D eigenvalue weighted by molar-refractivity contribution is 5.68. The molecule has 26 heavy (non-hydrogen) atoms. The zero-order valence-electron chi connectivity index (χ0n) is 15.2. The first-order chi connectivity index (χ1) is 12.2. The Labute approximate surface area is 150 Å². The highest BCUT2D eigenvalue weighted by atomic mass is 19.3. The van der Waals surface area contributed by atoms with Crippen LogP contribution in [0.4, 0.5) is 13.6 Å². The lowest BCUT2D eigenvalue weighted by atomic mass is 9.98. The SMILES string of the molecule is CC(C)(C)OC(=O)N1CCCCC(c2cc(C(F)F)n3ncnc3n2)C1. The number of likely N-dealkylation sites (tertiary alicyclic amines) is 1. The summed E-state index contributed by atoms with van der Waals surface area (Å²) in [4.78, 5) is 22.4. The van der Waals surface area contributed by atoms with E-state index in [4.69, 9.17) is 4.74 Å². The summed E-state index contributed by atoms with van der Waals surface area (Å²) in [6.07, 6.45) is 0.617. The quantitative estimate of drug-likeness (QED) is 0.811. The van der Waals surface area contributed by atoms with Gasteiger partial charge in [0, 0.05) is 19.0 Å². The van der Waals surface area contributed by atoms with Gasteiger partial charge in [-0.05, 0) is 39.7 Å². The number of halogens is 2. The van der Waals surface area contributed by atoms with Crippen LogP contribution < -0.4 is 0 Å². The number of hydrogen-bond acceptors (Lipinski definition) is 5. The normalized spacial score (nSPS) is 19.0. The third-order valence-electron chi connectivity index (χ3n) is 4.26. The van der Waals surface area contributed by atoms with Gasteiger partial charge < -0.3 is 9.64 Å². The number of alkyl halides is 2. The van der Waals surface area contributed by atoms with Crippen LogP contribution in [-0.2, 0) is 4.74 Å². The maximum atomic E-state index is 13.4. The topological polar surface area (TPSA) is 72.6 Å². The molecule has 0 saturated carbocycles. The average Bonchev–Trinajstić information content (AvgIpc) is 2.87. The van der Waals surface area contributed by atoms with Crippen LogP contribution in [-0.4, -0.2) is 49.3 Å². The molecule has 3 heterocycles. The van der Waals surface area contributed by atoms with Crippen molar-refractivity contribution in [3.8, 4) is 0 Å². The van der Waals surface area contributed by atoms with E-state index in [9.17, 15) is 13.6 Å². The van der Waals surface area contributed by atoms with Crippen molar-refractivity contribution in [1.29, 1.82) is 0 Å². The number of carbonyl (C=O) groups excluding carboxylic acids is 1. The predicted octanol–water partition coefficient (Wildman–Crippen LogP) is 3.57. The maximum absolute atomic E-state index is 13.4. The molecule has 1 amide bonds. The summed E-state index contributed by atoms with van der Waals surface area (Å²) in [5, 5.41) is 3.81. The van der Waals surface area contributed by atoms with E-state index in [0.29, 0.717) is 18.8 Å². The molecule has 1 unspecified atom stereocenters. The number of fused-ring (bicyclic) bond motifs is 1. The minimum Gasteiger partial charge on any atom is -0.444 e. The number of carbonyl (C=O) groups is 1. The molecule has 0 aromatic carbocycles. The molecular weight excluding hydrogens is 344 g/mol. The van der Waals surface area contributed by atoms with E-state index in [0.717, 1.165) is 23.8 Å². The molecule has 1 saturated heterocycles. The van der Waals surface area contributed by atoms with Gasteiger partial charge in [0.15, 0.2) is 0 Å². The molecule has 0 radical (unpaired) electrons. The summed E-state index contributed by atoms with van der Waals surface area (Å²) in [7, 11) is 0. The summed E-state index contributed by atoms with van der Waals surface area (Å²) in [5.74, 6) is -0.00455. The van der Waals surface area contributed by atoms with E-state index in [-0.39, 0.29) is 23.5 Å². The van der Waals surface area contributed by atoms with E-state index < -0.39 is 12.0 Å². The molecule has 2 aromatic heterocycles. The molecular formula is C17H23F2N5O2. The first-order valence-electron chi connectivity index (χ1n) is 8.71. The van der Waals surface area contributed by atoms with Gasteiger partial charge in [0.05, 0.1) is 5.69 Å². The molecule has 142 valence electrons. The van der Waals surface area contributed by atoms with Gasteiger partial charge in [-0.1, -0.05) is 6.42 Å². The van der Waals surface area contributed by atoms with Gasteiger partial charge in [0.2, 0.25) is 0 Å². The summed E-state index contributed by atoms with van der Waals surface area (Å²) in [5.41, 5.74) is -0.313. The lowest BCUT2D eigenvalue weighted by Gasteiger charge is -2.28. The van der Waals surface area contributed by atoms with Gasteiger partial charge >= 0.3 is 6.09 Å². The fraction of sp³-hybridized carbons (Fsp3) is 0.647. The Morgan fingerprint density at radius 3 is 2.81 bits per heavy atom. The van der Waals surface area contributed by atoms with Gasteiger partial charge in [-0.25, -0.2) is 18.6 Å². The molecule has 0 aliphatic carbocycles. The minimum absolute atomic E-state index is 0.144. The second kappa shape index (κ2) is 7.13. The first-order valence-corrected chi connectivity index (χ1v) is 8.71. The van der Waals surface area contributed by atoms with Crippen LogP contribution >= 0.6 is 0 Å². The second-order valence-corrected chi connectivity index (χ2v) is 7.50. The van der Waals surface area contributed by atoms with Crippen molar-refractivity contribution in [2.24, 2.45) is 0 Å². The van der Waals surface area contributed by atoms with Gasteiger partial charge in [0.25, 0.3) is 12.2 Å². The summed E-state index contributed by atoms with van der Waals surface area (Å²) < 4.78 is 33.3. The fourth-order valence-electron chi connectivity index (χ4n) is 3.09. The first kappa shape index (κ1) is 18.5. The molecule has 2 aromatic rings. The molecule has 1 aliphatic heterocycles. The number of amides is 1. The monoisotopic (exact) mass is 367 g/mol. The molecule has 0 N–H and O–H groups in total. The zero-order chi connectivity index (χ0) is 18.9. The van der Waals surface area contributed by atoms with E-state index in [1.807, 2.05) is 20.8 Å². The molecule has 1 atom stereocenters. The Hall–Kier alpha value is -2.32. The van der Waals surface area contributed by atoms with Gasteiger partial charge in [-0.2, -0.15) is 14.6 Å². The van der Waals surface area contributed by atoms with Crippen molar-refractivity contribution in [2.75, 3.05) is 13.1 Å².